The molecule has 2 heterocycles. The van der Waals surface area contributed by atoms with Gasteiger partial charge in [-0.25, -0.2) is 4.98 Å². The van der Waals surface area contributed by atoms with E-state index in [9.17, 15) is 0 Å². The van der Waals surface area contributed by atoms with Gasteiger partial charge in [0.15, 0.2) is 0 Å². The average molecular weight is 305 g/mol. The number of hydrogen-bond donors (Lipinski definition) is 0. The number of aromatic nitrogens is 2. The Morgan fingerprint density at radius 3 is 2.65 bits per heavy atom. The quantitative estimate of drug-likeness (QED) is 0.664. The molecule has 0 atom stereocenters. The van der Waals surface area contributed by atoms with E-state index in [1.807, 2.05) is 24.3 Å². The van der Waals surface area contributed by atoms with Crippen molar-refractivity contribution in [2.45, 2.75) is 6.92 Å². The molecule has 3 aromatic rings. The van der Waals surface area contributed by atoms with Crippen LogP contribution in [0.5, 0.6) is 0 Å². The van der Waals surface area contributed by atoms with Gasteiger partial charge in [0.05, 0.1) is 10.2 Å². The molecular formula is C13H9BrN2S. The molecule has 2 nitrogen and oxygen atoms in total. The van der Waals surface area contributed by atoms with Crippen LogP contribution in [0.2, 0.25) is 0 Å². The summed E-state index contributed by atoms with van der Waals surface area (Å²) in [5.74, 6) is 0. The molecule has 0 aliphatic heterocycles. The maximum Gasteiger partial charge on any atom is 0.124 e. The van der Waals surface area contributed by atoms with Gasteiger partial charge in [0, 0.05) is 22.4 Å². The Morgan fingerprint density at radius 1 is 1.12 bits per heavy atom. The van der Waals surface area contributed by atoms with E-state index in [0.29, 0.717) is 0 Å². The highest BCUT2D eigenvalue weighted by atomic mass is 79.9. The highest BCUT2D eigenvalue weighted by Crippen LogP contribution is 2.34. The fourth-order valence-corrected chi connectivity index (χ4v) is 3.25. The number of aryl methyl sites for hydroxylation is 1. The molecule has 0 radical (unpaired) electrons. The molecule has 1 aromatic carbocycles. The summed E-state index contributed by atoms with van der Waals surface area (Å²) in [6, 6.07) is 8.07. The number of halogens is 1. The minimum atomic E-state index is 1.05. The van der Waals surface area contributed by atoms with E-state index in [1.165, 1.54) is 10.3 Å². The summed E-state index contributed by atoms with van der Waals surface area (Å²) in [4.78, 5) is 8.68. The van der Waals surface area contributed by atoms with Crippen LogP contribution in [0.4, 0.5) is 0 Å². The van der Waals surface area contributed by atoms with Gasteiger partial charge < -0.3 is 0 Å². The third-order valence-electron chi connectivity index (χ3n) is 2.67. The monoisotopic (exact) mass is 304 g/mol. The van der Waals surface area contributed by atoms with Crippen LogP contribution >= 0.6 is 27.3 Å². The van der Waals surface area contributed by atoms with Gasteiger partial charge in [0.25, 0.3) is 0 Å². The van der Waals surface area contributed by atoms with Gasteiger partial charge in [0.2, 0.25) is 0 Å². The van der Waals surface area contributed by atoms with E-state index in [-0.39, 0.29) is 0 Å². The molecule has 0 amide bonds. The molecule has 0 saturated heterocycles. The molecule has 0 aliphatic carbocycles. The number of benzene rings is 1. The van der Waals surface area contributed by atoms with Crippen molar-refractivity contribution < 1.29 is 0 Å². The Hall–Kier alpha value is -1.26. The molecular weight excluding hydrogens is 296 g/mol. The number of fused-ring (bicyclic) bond motifs is 1. The fraction of sp³-hybridized carbons (Fsp3) is 0.0769. The van der Waals surface area contributed by atoms with Gasteiger partial charge in [-0.15, -0.1) is 11.3 Å². The summed E-state index contributed by atoms with van der Waals surface area (Å²) in [5.41, 5.74) is 3.43. The van der Waals surface area contributed by atoms with Gasteiger partial charge in [0.1, 0.15) is 5.01 Å². The first-order valence-corrected chi connectivity index (χ1v) is 6.83. The summed E-state index contributed by atoms with van der Waals surface area (Å²) in [6.45, 7) is 2.11. The van der Waals surface area contributed by atoms with Crippen molar-refractivity contribution in [2.24, 2.45) is 0 Å². The van der Waals surface area contributed by atoms with E-state index in [0.717, 1.165) is 20.6 Å². The topological polar surface area (TPSA) is 25.8 Å². The van der Waals surface area contributed by atoms with Crippen molar-refractivity contribution in [1.82, 2.24) is 9.97 Å². The predicted molar refractivity (Wildman–Crippen MR) is 75.3 cm³/mol. The Morgan fingerprint density at radius 2 is 1.88 bits per heavy atom. The molecule has 0 unspecified atom stereocenters. The summed E-state index contributed by atoms with van der Waals surface area (Å²) in [6.07, 6.45) is 3.59. The summed E-state index contributed by atoms with van der Waals surface area (Å²) in [5, 5.41) is 1.05. The number of nitrogens with zero attached hydrogens (tertiary/aromatic N) is 2. The van der Waals surface area contributed by atoms with Crippen molar-refractivity contribution in [3.05, 3.63) is 46.7 Å². The zero-order chi connectivity index (χ0) is 11.8. The van der Waals surface area contributed by atoms with Crippen LogP contribution < -0.4 is 0 Å². The third-order valence-corrected chi connectivity index (χ3v) is 4.77. The maximum atomic E-state index is 4.65. The summed E-state index contributed by atoms with van der Waals surface area (Å²) in [7, 11) is 0. The molecule has 4 heteroatoms. The minimum Gasteiger partial charge on any atom is -0.265 e. The highest BCUT2D eigenvalue weighted by molar-refractivity contribution is 9.10. The largest absolute Gasteiger partial charge is 0.265 e. The van der Waals surface area contributed by atoms with Gasteiger partial charge >= 0.3 is 0 Å². The first kappa shape index (κ1) is 10.9. The minimum absolute atomic E-state index is 1.05. The van der Waals surface area contributed by atoms with Gasteiger partial charge in [-0.3, -0.25) is 4.98 Å². The lowest BCUT2D eigenvalue weighted by atomic mass is 10.2. The maximum absolute atomic E-state index is 4.65. The molecule has 0 fully saturated rings. The normalized spacial score (nSPS) is 10.9. The first-order chi connectivity index (χ1) is 8.25. The molecule has 3 rings (SSSR count). The second-order valence-electron chi connectivity index (χ2n) is 3.78. The highest BCUT2D eigenvalue weighted by Gasteiger charge is 2.09. The molecule has 2 aromatic heterocycles. The molecule has 0 aliphatic rings. The number of pyridine rings is 1. The zero-order valence-electron chi connectivity index (χ0n) is 9.14. The standard InChI is InChI=1S/C13H9BrN2S/c1-8-10(14)2-3-11-12(8)17-13(16-11)9-4-6-15-7-5-9/h2-7H,1H3. The molecule has 0 bridgehead atoms. The lowest BCUT2D eigenvalue weighted by Crippen LogP contribution is -1.77. The second kappa shape index (κ2) is 4.20. The Kier molecular flexibility index (Phi) is 2.68. The molecule has 0 spiro atoms. The van der Waals surface area contributed by atoms with E-state index < -0.39 is 0 Å². The number of rotatable bonds is 1. The van der Waals surface area contributed by atoms with Crippen molar-refractivity contribution in [3.8, 4) is 10.6 Å². The van der Waals surface area contributed by atoms with Gasteiger partial charge in [-0.1, -0.05) is 15.9 Å². The predicted octanol–water partition coefficient (Wildman–Crippen LogP) is 4.43. The first-order valence-electron chi connectivity index (χ1n) is 5.22. The lowest BCUT2D eigenvalue weighted by Gasteiger charge is -1.96. The van der Waals surface area contributed by atoms with Crippen molar-refractivity contribution in [3.63, 3.8) is 0 Å². The second-order valence-corrected chi connectivity index (χ2v) is 5.63. The molecule has 0 N–H and O–H groups in total. The van der Waals surface area contributed by atoms with Crippen LogP contribution in [0, 0.1) is 6.92 Å². The van der Waals surface area contributed by atoms with E-state index in [4.69, 9.17) is 0 Å². The van der Waals surface area contributed by atoms with E-state index >= 15 is 0 Å². The average Bonchev–Trinajstić information content (AvgIpc) is 2.80. The van der Waals surface area contributed by atoms with Crippen LogP contribution in [-0.4, -0.2) is 9.97 Å². The van der Waals surface area contributed by atoms with Crippen LogP contribution in [0.25, 0.3) is 20.8 Å². The number of thiazole rings is 1. The third kappa shape index (κ3) is 1.87. The fourth-order valence-electron chi connectivity index (χ4n) is 1.72. The molecule has 17 heavy (non-hydrogen) atoms. The zero-order valence-corrected chi connectivity index (χ0v) is 11.5. The van der Waals surface area contributed by atoms with Crippen molar-refractivity contribution in [2.75, 3.05) is 0 Å². The lowest BCUT2D eigenvalue weighted by molar-refractivity contribution is 1.32. The SMILES string of the molecule is Cc1c(Br)ccc2nc(-c3ccncc3)sc12. The van der Waals surface area contributed by atoms with Gasteiger partial charge in [-0.05, 0) is 36.8 Å². The summed E-state index contributed by atoms with van der Waals surface area (Å²) >= 11 is 5.27. The molecule has 84 valence electrons. The van der Waals surface area contributed by atoms with Crippen molar-refractivity contribution >= 4 is 37.5 Å². The smallest absolute Gasteiger partial charge is 0.124 e. The van der Waals surface area contributed by atoms with Crippen molar-refractivity contribution in [1.29, 1.82) is 0 Å². The van der Waals surface area contributed by atoms with Gasteiger partial charge in [-0.2, -0.15) is 0 Å². The van der Waals surface area contributed by atoms with E-state index in [1.54, 1.807) is 23.7 Å². The number of hydrogen-bond acceptors (Lipinski definition) is 3. The van der Waals surface area contributed by atoms with Crippen LogP contribution in [-0.2, 0) is 0 Å². The van der Waals surface area contributed by atoms with Crippen LogP contribution in [0.1, 0.15) is 5.56 Å². The molecule has 0 saturated carbocycles. The van der Waals surface area contributed by atoms with E-state index in [2.05, 4.69) is 32.8 Å². The Labute approximate surface area is 111 Å². The summed E-state index contributed by atoms with van der Waals surface area (Å²) < 4.78 is 2.38. The van der Waals surface area contributed by atoms with Crippen LogP contribution in [0.3, 0.4) is 0 Å². The van der Waals surface area contributed by atoms with Crippen LogP contribution in [0.15, 0.2) is 41.1 Å². The Bertz CT molecular complexity index is 676. The Balaban J connectivity index is 2.24.